The van der Waals surface area contributed by atoms with E-state index in [0.717, 1.165) is 10.9 Å². The molecule has 0 saturated carbocycles. The summed E-state index contributed by atoms with van der Waals surface area (Å²) in [7, 11) is 1.36. The third-order valence-corrected chi connectivity index (χ3v) is 2.84. The zero-order valence-corrected chi connectivity index (χ0v) is 10.6. The lowest BCUT2D eigenvalue weighted by Gasteiger charge is -2.08. The van der Waals surface area contributed by atoms with Gasteiger partial charge in [0.2, 0.25) is 11.8 Å². The van der Waals surface area contributed by atoms with Gasteiger partial charge in [-0.3, -0.25) is 4.57 Å². The number of nitrogens with zero attached hydrogens (tertiary/aromatic N) is 4. The lowest BCUT2D eigenvalue weighted by molar-refractivity contribution is 0.401. The number of nitrogen functional groups attached to an aromatic ring is 1. The first kappa shape index (κ1) is 13.2. The number of fused-ring (bicyclic) bond motifs is 1. The van der Waals surface area contributed by atoms with Crippen LogP contribution in [0, 0.1) is 17.5 Å². The summed E-state index contributed by atoms with van der Waals surface area (Å²) in [4.78, 5) is 11.6. The molecule has 0 radical (unpaired) electrons. The van der Waals surface area contributed by atoms with Gasteiger partial charge in [-0.1, -0.05) is 0 Å². The molecule has 0 aliphatic heterocycles. The predicted molar refractivity (Wildman–Crippen MR) is 67.5 cm³/mol. The van der Waals surface area contributed by atoms with Gasteiger partial charge in [-0.25, -0.2) is 23.1 Å². The van der Waals surface area contributed by atoms with E-state index in [-0.39, 0.29) is 23.0 Å². The lowest BCUT2D eigenvalue weighted by atomic mass is 10.2. The van der Waals surface area contributed by atoms with Crippen LogP contribution in [0.25, 0.3) is 16.9 Å². The molecular weight excluding hydrogens is 287 g/mol. The number of imidazole rings is 1. The Morgan fingerprint density at radius 1 is 1.14 bits per heavy atom. The molecule has 1 aromatic carbocycles. The molecular formula is C12H8F3N5O. The third-order valence-electron chi connectivity index (χ3n) is 2.84. The van der Waals surface area contributed by atoms with Crippen molar-refractivity contribution >= 4 is 17.1 Å². The Bertz CT molecular complexity index is 825. The van der Waals surface area contributed by atoms with Gasteiger partial charge in [0.1, 0.15) is 17.8 Å². The molecule has 21 heavy (non-hydrogen) atoms. The van der Waals surface area contributed by atoms with E-state index in [1.807, 2.05) is 0 Å². The smallest absolute Gasteiger partial charge is 0.245 e. The van der Waals surface area contributed by atoms with Crippen molar-refractivity contribution in [3.63, 3.8) is 0 Å². The Hall–Kier alpha value is -2.84. The van der Waals surface area contributed by atoms with Crippen molar-refractivity contribution in [1.29, 1.82) is 0 Å². The first-order valence-corrected chi connectivity index (χ1v) is 5.70. The van der Waals surface area contributed by atoms with Gasteiger partial charge >= 0.3 is 0 Å². The fourth-order valence-electron chi connectivity index (χ4n) is 2.01. The largest absolute Gasteiger partial charge is 0.479 e. The minimum Gasteiger partial charge on any atom is -0.479 e. The Morgan fingerprint density at radius 3 is 2.43 bits per heavy atom. The van der Waals surface area contributed by atoms with E-state index in [0.29, 0.717) is 12.1 Å². The lowest BCUT2D eigenvalue weighted by Crippen LogP contribution is -2.07. The number of rotatable bonds is 2. The van der Waals surface area contributed by atoms with Crippen molar-refractivity contribution in [2.75, 3.05) is 12.8 Å². The highest BCUT2D eigenvalue weighted by Crippen LogP contribution is 2.29. The van der Waals surface area contributed by atoms with Crippen LogP contribution < -0.4 is 10.5 Å². The van der Waals surface area contributed by atoms with Gasteiger partial charge in [0.05, 0.1) is 7.11 Å². The van der Waals surface area contributed by atoms with E-state index in [9.17, 15) is 13.2 Å². The van der Waals surface area contributed by atoms with Crippen molar-refractivity contribution in [3.8, 4) is 11.6 Å². The molecule has 0 unspecified atom stereocenters. The average molecular weight is 295 g/mol. The van der Waals surface area contributed by atoms with Crippen LogP contribution in [0.2, 0.25) is 0 Å². The molecule has 2 N–H and O–H groups in total. The summed E-state index contributed by atoms with van der Waals surface area (Å²) in [5.41, 5.74) is 5.30. The summed E-state index contributed by atoms with van der Waals surface area (Å²) in [6, 6.07) is 1.09. The van der Waals surface area contributed by atoms with Crippen molar-refractivity contribution in [3.05, 3.63) is 35.9 Å². The molecule has 0 amide bonds. The second kappa shape index (κ2) is 4.62. The molecule has 9 heteroatoms. The molecule has 0 bridgehead atoms. The van der Waals surface area contributed by atoms with Crippen molar-refractivity contribution in [1.82, 2.24) is 19.5 Å². The second-order valence-corrected chi connectivity index (χ2v) is 4.08. The topological polar surface area (TPSA) is 78.8 Å². The van der Waals surface area contributed by atoms with E-state index in [4.69, 9.17) is 10.5 Å². The molecule has 6 nitrogen and oxygen atoms in total. The molecule has 0 atom stereocenters. The number of anilines is 1. The molecule has 108 valence electrons. The highest BCUT2D eigenvalue weighted by molar-refractivity contribution is 5.81. The van der Waals surface area contributed by atoms with Gasteiger partial charge in [0, 0.05) is 12.1 Å². The third kappa shape index (κ3) is 1.93. The molecule has 0 spiro atoms. The molecule has 0 saturated heterocycles. The molecule has 2 heterocycles. The summed E-state index contributed by atoms with van der Waals surface area (Å²) in [5, 5.41) is 0. The van der Waals surface area contributed by atoms with Gasteiger partial charge in [0.25, 0.3) is 0 Å². The van der Waals surface area contributed by atoms with Crippen molar-refractivity contribution in [2.45, 2.75) is 0 Å². The van der Waals surface area contributed by atoms with E-state index >= 15 is 0 Å². The summed E-state index contributed by atoms with van der Waals surface area (Å²) in [5.74, 6) is -3.42. The maximum absolute atomic E-state index is 13.9. The molecule has 2 aromatic heterocycles. The fraction of sp³-hybridized carbons (Fsp3) is 0.0833. The van der Waals surface area contributed by atoms with Gasteiger partial charge in [-0.15, -0.1) is 0 Å². The zero-order chi connectivity index (χ0) is 15.1. The number of benzene rings is 1. The standard InChI is InChI=1S/C12H8F3N5O/c1-21-11-8-10(17-4-18-11)20(12(16)19-8)9-6(14)2-5(13)3-7(9)15/h2-4H,1H3,(H2,16,19). The normalized spacial score (nSPS) is 11.0. The van der Waals surface area contributed by atoms with Crippen LogP contribution in [0.4, 0.5) is 19.1 Å². The second-order valence-electron chi connectivity index (χ2n) is 4.08. The van der Waals surface area contributed by atoms with Crippen LogP contribution in [0.5, 0.6) is 5.88 Å². The monoisotopic (exact) mass is 295 g/mol. The van der Waals surface area contributed by atoms with Gasteiger partial charge in [-0.05, 0) is 0 Å². The molecule has 3 aromatic rings. The van der Waals surface area contributed by atoms with E-state index in [1.54, 1.807) is 0 Å². The van der Waals surface area contributed by atoms with Gasteiger partial charge in [-0.2, -0.15) is 4.98 Å². The Balaban J connectivity index is 2.39. The van der Waals surface area contributed by atoms with E-state index in [1.165, 1.54) is 7.11 Å². The first-order valence-electron chi connectivity index (χ1n) is 5.70. The summed E-state index contributed by atoms with van der Waals surface area (Å²) in [6.45, 7) is 0. The quantitative estimate of drug-likeness (QED) is 0.780. The minimum absolute atomic E-state index is 0.0451. The van der Waals surface area contributed by atoms with Crippen molar-refractivity contribution < 1.29 is 17.9 Å². The van der Waals surface area contributed by atoms with E-state index in [2.05, 4.69) is 15.0 Å². The number of nitrogens with two attached hydrogens (primary N) is 1. The SMILES string of the molecule is COc1ncnc2c1nc(N)n2-c1c(F)cc(F)cc1F. The Kier molecular flexibility index (Phi) is 2.89. The first-order chi connectivity index (χ1) is 10.0. The maximum Gasteiger partial charge on any atom is 0.245 e. The summed E-state index contributed by atoms with van der Waals surface area (Å²) >= 11 is 0. The highest BCUT2D eigenvalue weighted by atomic mass is 19.1. The van der Waals surface area contributed by atoms with Gasteiger partial charge < -0.3 is 10.5 Å². The highest BCUT2D eigenvalue weighted by Gasteiger charge is 2.21. The number of halogens is 3. The number of ether oxygens (including phenoxy) is 1. The maximum atomic E-state index is 13.9. The van der Waals surface area contributed by atoms with Crippen LogP contribution >= 0.6 is 0 Å². The Labute approximate surface area is 116 Å². The average Bonchev–Trinajstić information content (AvgIpc) is 2.74. The van der Waals surface area contributed by atoms with Gasteiger partial charge in [0.15, 0.2) is 22.8 Å². The van der Waals surface area contributed by atoms with Crippen LogP contribution in [-0.2, 0) is 0 Å². The number of hydrogen-bond donors (Lipinski definition) is 1. The Morgan fingerprint density at radius 2 is 1.81 bits per heavy atom. The number of aromatic nitrogens is 4. The molecule has 0 aliphatic carbocycles. The molecule has 3 rings (SSSR count). The summed E-state index contributed by atoms with van der Waals surface area (Å²) in [6.07, 6.45) is 1.14. The minimum atomic E-state index is -1.13. The zero-order valence-electron chi connectivity index (χ0n) is 10.6. The molecule has 0 aliphatic rings. The molecule has 0 fully saturated rings. The van der Waals surface area contributed by atoms with Crippen LogP contribution in [0.3, 0.4) is 0 Å². The van der Waals surface area contributed by atoms with Crippen molar-refractivity contribution in [2.24, 2.45) is 0 Å². The fourth-order valence-corrected chi connectivity index (χ4v) is 2.01. The van der Waals surface area contributed by atoms with Crippen LogP contribution in [-0.4, -0.2) is 26.6 Å². The van der Waals surface area contributed by atoms with E-state index < -0.39 is 23.1 Å². The summed E-state index contributed by atoms with van der Waals surface area (Å²) < 4.78 is 46.7. The van der Waals surface area contributed by atoms with Crippen LogP contribution in [0.1, 0.15) is 0 Å². The number of hydrogen-bond acceptors (Lipinski definition) is 5. The van der Waals surface area contributed by atoms with Crippen LogP contribution in [0.15, 0.2) is 18.5 Å². The predicted octanol–water partition coefficient (Wildman–Crippen LogP) is 1.82. The number of methoxy groups -OCH3 is 1.